The average molecular weight is 256 g/mol. The zero-order valence-electron chi connectivity index (χ0n) is 10.4. The van der Waals surface area contributed by atoms with Gasteiger partial charge in [0.15, 0.2) is 6.61 Å². The Kier molecular flexibility index (Phi) is 2.97. The van der Waals surface area contributed by atoms with Crippen LogP contribution in [-0.4, -0.2) is 20.0 Å². The Morgan fingerprint density at radius 1 is 1.26 bits per heavy atom. The van der Waals surface area contributed by atoms with Crippen LogP contribution in [0.1, 0.15) is 11.7 Å². The van der Waals surface area contributed by atoms with Gasteiger partial charge in [-0.1, -0.05) is 6.07 Å². The summed E-state index contributed by atoms with van der Waals surface area (Å²) in [5, 5.41) is 8.14. The molecular weight excluding hydrogens is 244 g/mol. The van der Waals surface area contributed by atoms with Gasteiger partial charge in [-0.25, -0.2) is 4.98 Å². The summed E-state index contributed by atoms with van der Waals surface area (Å²) in [5.74, 6) is 2.04. The molecule has 0 radical (unpaired) electrons. The van der Waals surface area contributed by atoms with Crippen LogP contribution in [0.4, 0.5) is 0 Å². The third kappa shape index (κ3) is 2.62. The summed E-state index contributed by atoms with van der Waals surface area (Å²) >= 11 is 0. The molecule has 0 bridgehead atoms. The number of hydrogen-bond acceptors (Lipinski definition) is 5. The molecule has 0 saturated carbocycles. The number of aromatic nitrogens is 4. The lowest BCUT2D eigenvalue weighted by molar-refractivity contribution is 0.260. The van der Waals surface area contributed by atoms with Gasteiger partial charge >= 0.3 is 0 Å². The fourth-order valence-electron chi connectivity index (χ4n) is 1.66. The van der Waals surface area contributed by atoms with Crippen LogP contribution in [0.5, 0.6) is 5.75 Å². The third-order valence-corrected chi connectivity index (χ3v) is 2.50. The molecule has 96 valence electrons. The van der Waals surface area contributed by atoms with Gasteiger partial charge in [-0.2, -0.15) is 15.0 Å². The first-order valence-corrected chi connectivity index (χ1v) is 5.82. The van der Waals surface area contributed by atoms with Crippen molar-refractivity contribution in [3.63, 3.8) is 0 Å². The monoisotopic (exact) mass is 256 g/mol. The topological polar surface area (TPSA) is 66.0 Å². The molecule has 2 heterocycles. The Hall–Kier alpha value is -2.63. The van der Waals surface area contributed by atoms with Gasteiger partial charge in [0.1, 0.15) is 11.5 Å². The molecule has 19 heavy (non-hydrogen) atoms. The molecule has 0 fully saturated rings. The second-order valence-electron chi connectivity index (χ2n) is 3.97. The number of nitrogens with zero attached hydrogens (tertiary/aromatic N) is 4. The minimum atomic E-state index is 0.295. The van der Waals surface area contributed by atoms with Crippen LogP contribution in [0.25, 0.3) is 5.69 Å². The quantitative estimate of drug-likeness (QED) is 0.715. The van der Waals surface area contributed by atoms with Crippen LogP contribution in [-0.2, 0) is 6.61 Å². The zero-order chi connectivity index (χ0) is 13.1. The molecular formula is C13H12N4O2. The van der Waals surface area contributed by atoms with E-state index in [0.29, 0.717) is 18.2 Å². The molecule has 6 nitrogen and oxygen atoms in total. The molecule has 0 saturated heterocycles. The first kappa shape index (κ1) is 11.5. The number of aryl methyl sites for hydroxylation is 1. The van der Waals surface area contributed by atoms with Gasteiger partial charge in [-0.05, 0) is 19.1 Å². The fraction of sp³-hybridized carbons (Fsp3) is 0.154. The molecule has 1 aromatic carbocycles. The van der Waals surface area contributed by atoms with E-state index >= 15 is 0 Å². The maximum Gasteiger partial charge on any atom is 0.232 e. The van der Waals surface area contributed by atoms with E-state index in [4.69, 9.17) is 9.15 Å². The Balaban J connectivity index is 1.73. The van der Waals surface area contributed by atoms with Gasteiger partial charge in [-0.3, -0.25) is 0 Å². The lowest BCUT2D eigenvalue weighted by Gasteiger charge is -2.05. The molecule has 6 heteroatoms. The van der Waals surface area contributed by atoms with E-state index in [1.807, 2.05) is 31.2 Å². The maximum atomic E-state index is 5.62. The van der Waals surface area contributed by atoms with Crippen LogP contribution < -0.4 is 4.74 Å². The van der Waals surface area contributed by atoms with Crippen LogP contribution in [0.2, 0.25) is 0 Å². The summed E-state index contributed by atoms with van der Waals surface area (Å²) in [4.78, 5) is 5.61. The van der Waals surface area contributed by atoms with Crippen molar-refractivity contribution >= 4 is 0 Å². The second-order valence-corrected chi connectivity index (χ2v) is 3.97. The first-order chi connectivity index (χ1) is 9.31. The highest BCUT2D eigenvalue weighted by Crippen LogP contribution is 2.16. The van der Waals surface area contributed by atoms with E-state index in [-0.39, 0.29) is 0 Å². The molecule has 0 aliphatic heterocycles. The highest BCUT2D eigenvalue weighted by atomic mass is 16.5. The van der Waals surface area contributed by atoms with Gasteiger partial charge in [0.05, 0.1) is 24.3 Å². The number of hydrogen-bond donors (Lipinski definition) is 0. The molecule has 0 atom stereocenters. The zero-order valence-corrected chi connectivity index (χ0v) is 10.4. The summed E-state index contributed by atoms with van der Waals surface area (Å²) in [7, 11) is 0. The Morgan fingerprint density at radius 3 is 2.84 bits per heavy atom. The van der Waals surface area contributed by atoms with Crippen LogP contribution in [0.3, 0.4) is 0 Å². The van der Waals surface area contributed by atoms with Gasteiger partial charge < -0.3 is 9.15 Å². The smallest absolute Gasteiger partial charge is 0.232 e. The summed E-state index contributed by atoms with van der Waals surface area (Å²) in [6.45, 7) is 2.14. The standard InChI is InChI=1S/C13H12N4O2/c1-10-8-14-13(19-10)9-18-12-4-2-3-11(7-12)17-15-5-6-16-17/h2-8H,9H2,1H3. The predicted molar refractivity (Wildman–Crippen MR) is 66.9 cm³/mol. The molecule has 0 spiro atoms. The minimum absolute atomic E-state index is 0.295. The molecule has 3 aromatic rings. The van der Waals surface area contributed by atoms with E-state index < -0.39 is 0 Å². The Labute approximate surface area is 109 Å². The number of ether oxygens (including phenoxy) is 1. The van der Waals surface area contributed by atoms with Gasteiger partial charge in [0, 0.05) is 6.07 Å². The van der Waals surface area contributed by atoms with Gasteiger partial charge in [-0.15, -0.1) is 0 Å². The summed E-state index contributed by atoms with van der Waals surface area (Å²) in [5.41, 5.74) is 0.839. The van der Waals surface area contributed by atoms with Gasteiger partial charge in [0.2, 0.25) is 5.89 Å². The molecule has 0 aliphatic carbocycles. The molecule has 2 aromatic heterocycles. The minimum Gasteiger partial charge on any atom is -0.484 e. The number of rotatable bonds is 4. The van der Waals surface area contributed by atoms with Crippen molar-refractivity contribution in [3.8, 4) is 11.4 Å². The van der Waals surface area contributed by atoms with Crippen LogP contribution in [0.15, 0.2) is 47.3 Å². The van der Waals surface area contributed by atoms with Crippen molar-refractivity contribution < 1.29 is 9.15 Å². The molecule has 0 amide bonds. The highest BCUT2D eigenvalue weighted by molar-refractivity contribution is 5.37. The van der Waals surface area contributed by atoms with Crippen molar-refractivity contribution in [3.05, 3.63) is 54.5 Å². The van der Waals surface area contributed by atoms with Gasteiger partial charge in [0.25, 0.3) is 0 Å². The fourth-order valence-corrected chi connectivity index (χ4v) is 1.66. The van der Waals surface area contributed by atoms with E-state index in [1.165, 1.54) is 4.80 Å². The molecule has 0 N–H and O–H groups in total. The van der Waals surface area contributed by atoms with E-state index in [0.717, 1.165) is 11.4 Å². The SMILES string of the molecule is Cc1cnc(COc2cccc(-n3nccn3)c2)o1. The largest absolute Gasteiger partial charge is 0.484 e. The first-order valence-electron chi connectivity index (χ1n) is 5.82. The summed E-state index contributed by atoms with van der Waals surface area (Å²) < 4.78 is 11.0. The van der Waals surface area contributed by atoms with Crippen LogP contribution in [0, 0.1) is 6.92 Å². The normalized spacial score (nSPS) is 10.6. The molecule has 0 aliphatic rings. The Bertz CT molecular complexity index is 661. The predicted octanol–water partition coefficient (Wildman–Crippen LogP) is 2.14. The van der Waals surface area contributed by atoms with E-state index in [1.54, 1.807) is 18.6 Å². The summed E-state index contributed by atoms with van der Waals surface area (Å²) in [6.07, 6.45) is 4.93. The van der Waals surface area contributed by atoms with Crippen molar-refractivity contribution in [2.75, 3.05) is 0 Å². The van der Waals surface area contributed by atoms with Crippen molar-refractivity contribution in [1.29, 1.82) is 0 Å². The number of oxazole rings is 1. The Morgan fingerprint density at radius 2 is 2.11 bits per heavy atom. The van der Waals surface area contributed by atoms with E-state index in [9.17, 15) is 0 Å². The average Bonchev–Trinajstić information content (AvgIpc) is 3.08. The molecule has 3 rings (SSSR count). The highest BCUT2D eigenvalue weighted by Gasteiger charge is 2.04. The van der Waals surface area contributed by atoms with E-state index in [2.05, 4.69) is 15.2 Å². The third-order valence-electron chi connectivity index (χ3n) is 2.50. The van der Waals surface area contributed by atoms with Crippen molar-refractivity contribution in [2.24, 2.45) is 0 Å². The number of benzene rings is 1. The maximum absolute atomic E-state index is 5.62. The lowest BCUT2D eigenvalue weighted by Crippen LogP contribution is -2.00. The van der Waals surface area contributed by atoms with Crippen molar-refractivity contribution in [2.45, 2.75) is 13.5 Å². The summed E-state index contributed by atoms with van der Waals surface area (Å²) in [6, 6.07) is 7.51. The van der Waals surface area contributed by atoms with Crippen molar-refractivity contribution in [1.82, 2.24) is 20.0 Å². The van der Waals surface area contributed by atoms with Crippen LogP contribution >= 0.6 is 0 Å². The second kappa shape index (κ2) is 4.93. The molecule has 0 unspecified atom stereocenters. The lowest BCUT2D eigenvalue weighted by atomic mass is 10.3.